The summed E-state index contributed by atoms with van der Waals surface area (Å²) >= 11 is 0. The molecule has 4 aromatic carbocycles. The Morgan fingerprint density at radius 2 is 0.712 bits per heavy atom. The Morgan fingerprint density at radius 1 is 0.364 bits per heavy atom. The van der Waals surface area contributed by atoms with Gasteiger partial charge in [0.05, 0.1) is 97.3 Å². The molecule has 1 aliphatic heterocycles. The summed E-state index contributed by atoms with van der Waals surface area (Å²) in [5.74, 6) is 0. The molecular weight excluding hydrogens is 829 g/mol. The predicted octanol–water partition coefficient (Wildman–Crippen LogP) is 9.03. The molecule has 10 aromatic rings. The summed E-state index contributed by atoms with van der Waals surface area (Å²) in [6.45, 7) is 3.39. The van der Waals surface area contributed by atoms with E-state index in [4.69, 9.17) is 28.9 Å². The van der Waals surface area contributed by atoms with Gasteiger partial charge in [0.1, 0.15) is 11.4 Å². The topological polar surface area (TPSA) is 116 Å². The molecule has 0 N–H and O–H groups in total. The molecule has 0 radical (unpaired) electrons. The number of aromatic nitrogens is 6. The third-order valence-corrected chi connectivity index (χ3v) is 12.2. The van der Waals surface area contributed by atoms with Crippen molar-refractivity contribution in [3.8, 4) is 56.2 Å². The lowest BCUT2D eigenvalue weighted by Crippen LogP contribution is -2.27. The molecule has 7 heterocycles. The van der Waals surface area contributed by atoms with Crippen molar-refractivity contribution in [2.45, 2.75) is 13.1 Å². The predicted molar refractivity (Wildman–Crippen MR) is 258 cm³/mol. The summed E-state index contributed by atoms with van der Waals surface area (Å²) < 4.78 is 31.5. The largest absolute Gasteiger partial charge is 0.377 e. The number of benzene rings is 4. The van der Waals surface area contributed by atoms with Gasteiger partial charge in [-0.05, 0) is 59.7 Å². The van der Waals surface area contributed by atoms with Crippen molar-refractivity contribution in [2.24, 2.45) is 0 Å². The van der Waals surface area contributed by atoms with Crippen LogP contribution < -0.4 is 11.1 Å². The maximum atomic E-state index is 15.6. The van der Waals surface area contributed by atoms with Crippen LogP contribution >= 0.6 is 0 Å². The lowest BCUT2D eigenvalue weighted by molar-refractivity contribution is -0.00320. The monoisotopic (exact) mass is 874 g/mol. The van der Waals surface area contributed by atoms with Gasteiger partial charge >= 0.3 is 0 Å². The van der Waals surface area contributed by atoms with Crippen LogP contribution in [0.5, 0.6) is 0 Å². The summed E-state index contributed by atoms with van der Waals surface area (Å²) in [5.41, 5.74) is 10.5. The molecule has 12 heteroatoms. The molecule has 0 spiro atoms. The fourth-order valence-corrected chi connectivity index (χ4v) is 9.37. The SMILES string of the molecule is O=c1c2nc3ccccc3n1CCOCCOCCOCCOCCn1c(=O)c(nc3ccccc31)-c1c(-c3ccccc3)c3ccccn3c1-c1c-2c(-c2ccccc2)c2ccccn12. The van der Waals surface area contributed by atoms with E-state index in [1.54, 1.807) is 9.13 Å². The van der Waals surface area contributed by atoms with Gasteiger partial charge in [0.2, 0.25) is 0 Å². The lowest BCUT2D eigenvalue weighted by Gasteiger charge is -2.17. The number of hydrogen-bond acceptors (Lipinski definition) is 8. The van der Waals surface area contributed by atoms with Crippen molar-refractivity contribution in [1.29, 1.82) is 0 Å². The molecule has 12 nitrogen and oxygen atoms in total. The van der Waals surface area contributed by atoms with Crippen molar-refractivity contribution in [2.75, 3.05) is 52.9 Å². The number of fused-ring (bicyclic) bond motifs is 17. The highest BCUT2D eigenvalue weighted by Gasteiger charge is 2.33. The molecule has 0 unspecified atom stereocenters. The standard InChI is InChI=1S/C54H46N6O6/c61-53-49-47-45(37-15-3-1-4-16-37)43-23-11-13-25-57(43)51(47)52-48(46(38-17-5-2-6-18-38)44-24-12-14-26-58(44)52)50-54(62)60(42-22-10-8-20-40(42)56-50)28-30-64-32-34-66-36-35-65-33-31-63-29-27-59(53)41-21-9-7-19-39(41)55-49/h1-26H,27-36H2. The van der Waals surface area contributed by atoms with E-state index >= 15 is 9.59 Å². The zero-order valence-corrected chi connectivity index (χ0v) is 36.2. The molecule has 0 saturated carbocycles. The third-order valence-electron chi connectivity index (χ3n) is 12.2. The summed E-state index contributed by atoms with van der Waals surface area (Å²) in [4.78, 5) is 41.7. The van der Waals surface area contributed by atoms with Gasteiger partial charge in [-0.25, -0.2) is 9.97 Å². The Bertz CT molecular complexity index is 3270. The highest BCUT2D eigenvalue weighted by atomic mass is 16.6. The van der Waals surface area contributed by atoms with Crippen LogP contribution in [-0.2, 0) is 32.0 Å². The molecule has 6 aromatic heterocycles. The van der Waals surface area contributed by atoms with Crippen molar-refractivity contribution in [3.63, 3.8) is 0 Å². The quantitative estimate of drug-likeness (QED) is 0.169. The number of rotatable bonds is 2. The molecular formula is C54H46N6O6. The molecule has 1 aliphatic rings. The van der Waals surface area contributed by atoms with E-state index in [2.05, 4.69) is 45.2 Å². The van der Waals surface area contributed by atoms with Crippen molar-refractivity contribution in [3.05, 3.63) is 179 Å². The fourth-order valence-electron chi connectivity index (χ4n) is 9.37. The first-order chi connectivity index (χ1) is 32.7. The average Bonchev–Trinajstić information content (AvgIpc) is 3.88. The van der Waals surface area contributed by atoms with Gasteiger partial charge in [0.25, 0.3) is 11.1 Å². The number of nitrogens with zero attached hydrogens (tertiary/aromatic N) is 6. The molecule has 0 amide bonds. The van der Waals surface area contributed by atoms with Crippen molar-refractivity contribution >= 4 is 33.1 Å². The molecule has 0 saturated heterocycles. The second-order valence-electron chi connectivity index (χ2n) is 16.1. The Hall–Kier alpha value is -7.48. The molecule has 11 rings (SSSR count). The highest BCUT2D eigenvalue weighted by molar-refractivity contribution is 6.09. The van der Waals surface area contributed by atoms with Gasteiger partial charge in [-0.3, -0.25) is 9.59 Å². The maximum Gasteiger partial charge on any atom is 0.277 e. The van der Waals surface area contributed by atoms with E-state index < -0.39 is 0 Å². The van der Waals surface area contributed by atoms with E-state index in [9.17, 15) is 0 Å². The first-order valence-electron chi connectivity index (χ1n) is 22.4. The molecule has 0 fully saturated rings. The van der Waals surface area contributed by atoms with Gasteiger partial charge in [0.15, 0.2) is 0 Å². The third kappa shape index (κ3) is 7.39. The summed E-state index contributed by atoms with van der Waals surface area (Å²) in [5, 5.41) is 0. The Kier molecular flexibility index (Phi) is 11.4. The van der Waals surface area contributed by atoms with Gasteiger partial charge in [-0.1, -0.05) is 97.1 Å². The summed E-state index contributed by atoms with van der Waals surface area (Å²) in [6.07, 6.45) is 4.04. The van der Waals surface area contributed by atoms with E-state index in [1.807, 2.05) is 122 Å². The van der Waals surface area contributed by atoms with Crippen LogP contribution in [-0.4, -0.2) is 80.8 Å². The normalized spacial score (nSPS) is 14.5. The Labute approximate surface area is 379 Å². The second kappa shape index (κ2) is 18.2. The number of para-hydroxylation sites is 4. The lowest BCUT2D eigenvalue weighted by atomic mass is 9.94. The molecule has 4 bridgehead atoms. The minimum Gasteiger partial charge on any atom is -0.377 e. The van der Waals surface area contributed by atoms with Crippen LogP contribution in [0.25, 0.3) is 89.3 Å². The zero-order valence-electron chi connectivity index (χ0n) is 36.2. The minimum absolute atomic E-state index is 0.267. The van der Waals surface area contributed by atoms with Crippen LogP contribution in [0.3, 0.4) is 0 Å². The molecule has 66 heavy (non-hydrogen) atoms. The van der Waals surface area contributed by atoms with Gasteiger partial charge in [-0.15, -0.1) is 0 Å². The first kappa shape index (κ1) is 41.2. The number of hydrogen-bond donors (Lipinski definition) is 0. The Morgan fingerprint density at radius 3 is 1.14 bits per heavy atom. The first-order valence-corrected chi connectivity index (χ1v) is 22.4. The van der Waals surface area contributed by atoms with E-state index in [0.29, 0.717) is 84.2 Å². The number of ether oxygens (including phenoxy) is 4. The molecule has 0 atom stereocenters. The number of pyridine rings is 2. The second-order valence-corrected chi connectivity index (χ2v) is 16.1. The molecule has 328 valence electrons. The summed E-state index contributed by atoms with van der Waals surface area (Å²) in [6, 6.07) is 47.8. The van der Waals surface area contributed by atoms with Crippen LogP contribution in [0.2, 0.25) is 0 Å². The Balaban J connectivity index is 1.30. The van der Waals surface area contributed by atoms with Gasteiger partial charge in [0, 0.05) is 47.7 Å². The highest BCUT2D eigenvalue weighted by Crippen LogP contribution is 2.50. The van der Waals surface area contributed by atoms with E-state index in [1.165, 1.54) is 0 Å². The zero-order chi connectivity index (χ0) is 44.4. The fraction of sp³-hybridized carbons (Fsp3) is 0.185. The minimum atomic E-state index is -0.272. The van der Waals surface area contributed by atoms with Crippen LogP contribution in [0.1, 0.15) is 0 Å². The summed E-state index contributed by atoms with van der Waals surface area (Å²) in [7, 11) is 0. The van der Waals surface area contributed by atoms with Gasteiger partial charge in [-0.2, -0.15) is 0 Å². The van der Waals surface area contributed by atoms with Gasteiger partial charge < -0.3 is 36.9 Å². The smallest absolute Gasteiger partial charge is 0.277 e. The van der Waals surface area contributed by atoms with E-state index in [-0.39, 0.29) is 48.8 Å². The maximum absolute atomic E-state index is 15.6. The average molecular weight is 875 g/mol. The van der Waals surface area contributed by atoms with E-state index in [0.717, 1.165) is 33.3 Å². The van der Waals surface area contributed by atoms with Crippen molar-refractivity contribution in [1.82, 2.24) is 27.9 Å². The van der Waals surface area contributed by atoms with Crippen LogP contribution in [0.15, 0.2) is 168 Å². The van der Waals surface area contributed by atoms with Crippen LogP contribution in [0.4, 0.5) is 0 Å². The molecule has 0 aliphatic carbocycles. The van der Waals surface area contributed by atoms with Crippen molar-refractivity contribution < 1.29 is 18.9 Å². The van der Waals surface area contributed by atoms with Crippen LogP contribution in [0, 0.1) is 0 Å².